The molecule has 31 heavy (non-hydrogen) atoms. The van der Waals surface area contributed by atoms with Gasteiger partial charge in [-0.2, -0.15) is 0 Å². The molecule has 2 N–H and O–H groups in total. The van der Waals surface area contributed by atoms with Crippen LogP contribution in [0.4, 0.5) is 5.82 Å². The minimum atomic E-state index is -0.138. The Bertz CT molecular complexity index is 1060. The molecule has 5 heteroatoms. The number of anilines is 1. The van der Waals surface area contributed by atoms with Gasteiger partial charge in [0.2, 0.25) is 0 Å². The highest BCUT2D eigenvalue weighted by Gasteiger charge is 2.24. The summed E-state index contributed by atoms with van der Waals surface area (Å²) in [5.74, 6) is 1.36. The molecule has 1 unspecified atom stereocenters. The second-order valence-corrected chi connectivity index (χ2v) is 7.87. The molecule has 160 valence electrons. The third-order valence-corrected chi connectivity index (χ3v) is 5.69. The second-order valence-electron chi connectivity index (χ2n) is 7.87. The quantitative estimate of drug-likeness (QED) is 0.575. The van der Waals surface area contributed by atoms with E-state index in [1.807, 2.05) is 31.2 Å². The summed E-state index contributed by atoms with van der Waals surface area (Å²) in [6, 6.07) is 20.3. The molecule has 1 aliphatic carbocycles. The highest BCUT2D eigenvalue weighted by Crippen LogP contribution is 2.35. The van der Waals surface area contributed by atoms with E-state index in [4.69, 9.17) is 15.2 Å². The highest BCUT2D eigenvalue weighted by atomic mass is 16.5. The van der Waals surface area contributed by atoms with E-state index >= 15 is 0 Å². The van der Waals surface area contributed by atoms with Gasteiger partial charge in [0, 0.05) is 12.1 Å². The van der Waals surface area contributed by atoms with Crippen LogP contribution in [0.3, 0.4) is 0 Å². The van der Waals surface area contributed by atoms with Crippen molar-refractivity contribution in [3.8, 4) is 5.75 Å². The van der Waals surface area contributed by atoms with Crippen LogP contribution in [0.5, 0.6) is 5.75 Å². The first kappa shape index (κ1) is 20.9. The number of esters is 1. The molecule has 0 radical (unpaired) electrons. The predicted octanol–water partition coefficient (Wildman–Crippen LogP) is 4.47. The number of hydrogen-bond donors (Lipinski definition) is 1. The fourth-order valence-electron chi connectivity index (χ4n) is 4.24. The van der Waals surface area contributed by atoms with E-state index in [1.54, 1.807) is 6.07 Å². The van der Waals surface area contributed by atoms with Gasteiger partial charge >= 0.3 is 5.97 Å². The largest absolute Gasteiger partial charge is 0.493 e. The Labute approximate surface area is 183 Å². The van der Waals surface area contributed by atoms with E-state index < -0.39 is 0 Å². The van der Waals surface area contributed by atoms with Crippen LogP contribution in [0.2, 0.25) is 0 Å². The first-order chi connectivity index (χ1) is 15.1. The number of carbonyl (C=O) groups excluding carboxylic acids is 1. The lowest BCUT2D eigenvalue weighted by atomic mass is 9.89. The fraction of sp³-hybridized carbons (Fsp3) is 0.308. The average Bonchev–Trinajstić information content (AvgIpc) is 2.90. The zero-order valence-corrected chi connectivity index (χ0v) is 17.8. The molecule has 0 amide bonds. The van der Waals surface area contributed by atoms with Gasteiger partial charge in [-0.15, -0.1) is 0 Å². The summed E-state index contributed by atoms with van der Waals surface area (Å²) in [5.41, 5.74) is 11.7. The molecule has 4 rings (SSSR count). The van der Waals surface area contributed by atoms with Gasteiger partial charge in [0.25, 0.3) is 0 Å². The molecule has 0 saturated heterocycles. The van der Waals surface area contributed by atoms with Gasteiger partial charge in [-0.1, -0.05) is 36.4 Å². The van der Waals surface area contributed by atoms with Gasteiger partial charge in [-0.05, 0) is 72.2 Å². The van der Waals surface area contributed by atoms with Crippen LogP contribution in [-0.2, 0) is 28.8 Å². The molecule has 0 aliphatic heterocycles. The maximum Gasteiger partial charge on any atom is 0.306 e. The molecule has 0 fully saturated rings. The van der Waals surface area contributed by atoms with Crippen LogP contribution in [0, 0.1) is 0 Å². The normalized spacial score (nSPS) is 14.8. The molecule has 5 nitrogen and oxygen atoms in total. The second kappa shape index (κ2) is 9.65. The van der Waals surface area contributed by atoms with Gasteiger partial charge in [0.1, 0.15) is 11.6 Å². The van der Waals surface area contributed by atoms with Crippen LogP contribution in [0.1, 0.15) is 47.2 Å². The third kappa shape index (κ3) is 5.23. The molecule has 1 aromatic heterocycles. The molecular weight excluding hydrogens is 388 g/mol. The topological polar surface area (TPSA) is 74.4 Å². The van der Waals surface area contributed by atoms with Gasteiger partial charge < -0.3 is 15.2 Å². The molecule has 1 heterocycles. The smallest absolute Gasteiger partial charge is 0.306 e. The molecule has 2 aromatic carbocycles. The summed E-state index contributed by atoms with van der Waals surface area (Å²) in [4.78, 5) is 16.5. The highest BCUT2D eigenvalue weighted by molar-refractivity contribution is 5.71. The minimum Gasteiger partial charge on any atom is -0.493 e. The lowest BCUT2D eigenvalue weighted by Crippen LogP contribution is -2.13. The van der Waals surface area contributed by atoms with E-state index in [2.05, 4.69) is 35.3 Å². The van der Waals surface area contributed by atoms with Crippen LogP contribution in [-0.4, -0.2) is 24.2 Å². The molecule has 1 aliphatic rings. The summed E-state index contributed by atoms with van der Waals surface area (Å²) in [5, 5.41) is 0. The molecular formula is C26H28N2O3. The molecule has 3 aromatic rings. The predicted molar refractivity (Wildman–Crippen MR) is 121 cm³/mol. The van der Waals surface area contributed by atoms with Crippen molar-refractivity contribution in [2.24, 2.45) is 0 Å². The van der Waals surface area contributed by atoms with Crippen molar-refractivity contribution in [3.05, 3.63) is 88.6 Å². The van der Waals surface area contributed by atoms with Gasteiger partial charge in [-0.25, -0.2) is 4.98 Å². The Morgan fingerprint density at radius 2 is 1.94 bits per heavy atom. The minimum absolute atomic E-state index is 0.123. The molecule has 1 atom stereocenters. The lowest BCUT2D eigenvalue weighted by Gasteiger charge is -2.17. The van der Waals surface area contributed by atoms with E-state index in [1.165, 1.54) is 22.3 Å². The molecule has 0 bridgehead atoms. The SMILES string of the molecule is CCOC(=O)CC1Cc2ccc(OCCc3cccc(N)n3)cc2Cc2ccccc21. The number of ether oxygens (including phenoxy) is 2. The molecule has 0 spiro atoms. The maximum absolute atomic E-state index is 12.2. The summed E-state index contributed by atoms with van der Waals surface area (Å²) >= 11 is 0. The number of benzene rings is 2. The first-order valence-electron chi connectivity index (χ1n) is 10.8. The number of pyridine rings is 1. The number of nitrogens with zero attached hydrogens (tertiary/aromatic N) is 1. The van der Waals surface area contributed by atoms with E-state index in [0.29, 0.717) is 31.9 Å². The fourth-order valence-corrected chi connectivity index (χ4v) is 4.24. The van der Waals surface area contributed by atoms with E-state index in [0.717, 1.165) is 24.3 Å². The zero-order valence-electron chi connectivity index (χ0n) is 17.8. The van der Waals surface area contributed by atoms with Crippen molar-refractivity contribution in [2.75, 3.05) is 18.9 Å². The Morgan fingerprint density at radius 1 is 1.06 bits per heavy atom. The summed E-state index contributed by atoms with van der Waals surface area (Å²) < 4.78 is 11.2. The Morgan fingerprint density at radius 3 is 2.77 bits per heavy atom. The van der Waals surface area contributed by atoms with Gasteiger partial charge in [-0.3, -0.25) is 4.79 Å². The Balaban J connectivity index is 1.50. The number of nitrogen functional groups attached to an aromatic ring is 1. The van der Waals surface area contributed by atoms with Crippen molar-refractivity contribution in [1.29, 1.82) is 0 Å². The number of rotatable bonds is 7. The van der Waals surface area contributed by atoms with Gasteiger partial charge in [0.05, 0.1) is 19.6 Å². The number of carbonyl (C=O) groups is 1. The van der Waals surface area contributed by atoms with Gasteiger partial charge in [0.15, 0.2) is 0 Å². The van der Waals surface area contributed by atoms with Crippen molar-refractivity contribution in [3.63, 3.8) is 0 Å². The average molecular weight is 417 g/mol. The summed E-state index contributed by atoms with van der Waals surface area (Å²) in [6.45, 7) is 2.80. The number of hydrogen-bond acceptors (Lipinski definition) is 5. The lowest BCUT2D eigenvalue weighted by molar-refractivity contribution is -0.143. The number of fused-ring (bicyclic) bond motifs is 2. The Hall–Kier alpha value is -3.34. The first-order valence-corrected chi connectivity index (χ1v) is 10.8. The maximum atomic E-state index is 12.2. The van der Waals surface area contributed by atoms with Crippen molar-refractivity contribution >= 4 is 11.8 Å². The Kier molecular flexibility index (Phi) is 6.51. The van der Waals surface area contributed by atoms with Crippen molar-refractivity contribution < 1.29 is 14.3 Å². The van der Waals surface area contributed by atoms with Crippen molar-refractivity contribution in [1.82, 2.24) is 4.98 Å². The summed E-state index contributed by atoms with van der Waals surface area (Å²) in [6.07, 6.45) is 2.75. The summed E-state index contributed by atoms with van der Waals surface area (Å²) in [7, 11) is 0. The van der Waals surface area contributed by atoms with Crippen molar-refractivity contribution in [2.45, 2.75) is 38.5 Å². The number of aromatic nitrogens is 1. The third-order valence-electron chi connectivity index (χ3n) is 5.69. The van der Waals surface area contributed by atoms with E-state index in [9.17, 15) is 4.79 Å². The zero-order chi connectivity index (χ0) is 21.6. The van der Waals surface area contributed by atoms with Crippen LogP contribution in [0.25, 0.3) is 0 Å². The van der Waals surface area contributed by atoms with Crippen LogP contribution < -0.4 is 10.5 Å². The monoisotopic (exact) mass is 416 g/mol. The molecule has 0 saturated carbocycles. The van der Waals surface area contributed by atoms with Crippen LogP contribution >= 0.6 is 0 Å². The van der Waals surface area contributed by atoms with E-state index in [-0.39, 0.29) is 11.9 Å². The standard InChI is InChI=1S/C26H28N2O3/c1-2-30-26(29)17-21-14-18-10-11-23(31-13-12-22-7-5-9-25(27)28-22)16-20(18)15-19-6-3-4-8-24(19)21/h3-11,16,21H,2,12-15,17H2,1H3,(H2,27,28). The number of nitrogens with two attached hydrogens (primary N) is 1. The van der Waals surface area contributed by atoms with Crippen LogP contribution in [0.15, 0.2) is 60.7 Å².